The third-order valence-electron chi connectivity index (χ3n) is 2.00. The number of ether oxygens (including phenoxy) is 1. The van der Waals surface area contributed by atoms with E-state index in [1.165, 1.54) is 12.8 Å². The van der Waals surface area contributed by atoms with Gasteiger partial charge in [0, 0.05) is 26.2 Å². The molecule has 0 amide bonds. The Morgan fingerprint density at radius 2 is 2.08 bits per heavy atom. The van der Waals surface area contributed by atoms with Crippen LogP contribution in [0.1, 0.15) is 19.8 Å². The molecule has 1 atom stereocenters. The Kier molecular flexibility index (Phi) is 8.40. The van der Waals surface area contributed by atoms with E-state index >= 15 is 0 Å². The lowest BCUT2D eigenvalue weighted by molar-refractivity contribution is 0.161. The largest absolute Gasteiger partial charge is 0.383 e. The van der Waals surface area contributed by atoms with Crippen molar-refractivity contribution in [2.45, 2.75) is 25.8 Å². The molecule has 1 N–H and O–H groups in total. The maximum Gasteiger partial charge on any atom is 0.0615 e. The molecule has 0 radical (unpaired) electrons. The van der Waals surface area contributed by atoms with Crippen LogP contribution in [0.15, 0.2) is 0 Å². The third kappa shape index (κ3) is 8.22. The molecule has 3 heteroatoms. The van der Waals surface area contributed by atoms with E-state index in [-0.39, 0.29) is 0 Å². The van der Waals surface area contributed by atoms with E-state index < -0.39 is 0 Å². The molecule has 0 aliphatic heterocycles. The van der Waals surface area contributed by atoms with Crippen LogP contribution in [0, 0.1) is 0 Å². The second-order valence-electron chi connectivity index (χ2n) is 3.70. The molecule has 0 aromatic rings. The van der Waals surface area contributed by atoms with Gasteiger partial charge in [-0.25, -0.2) is 0 Å². The van der Waals surface area contributed by atoms with Crippen molar-refractivity contribution in [1.82, 2.24) is 10.2 Å². The molecule has 13 heavy (non-hydrogen) atoms. The van der Waals surface area contributed by atoms with Crippen molar-refractivity contribution >= 4 is 0 Å². The van der Waals surface area contributed by atoms with Crippen LogP contribution < -0.4 is 5.32 Å². The number of methoxy groups -OCH3 is 1. The number of likely N-dealkylation sites (N-methyl/N-ethyl adjacent to an activating group) is 1. The third-order valence-corrected chi connectivity index (χ3v) is 2.00. The van der Waals surface area contributed by atoms with E-state index in [0.717, 1.165) is 19.7 Å². The molecule has 0 aliphatic carbocycles. The normalized spacial score (nSPS) is 13.6. The van der Waals surface area contributed by atoms with E-state index in [4.69, 9.17) is 4.74 Å². The topological polar surface area (TPSA) is 24.5 Å². The predicted molar refractivity (Wildman–Crippen MR) is 57.1 cm³/mol. The fourth-order valence-electron chi connectivity index (χ4n) is 1.29. The monoisotopic (exact) mass is 188 g/mol. The summed E-state index contributed by atoms with van der Waals surface area (Å²) in [5.41, 5.74) is 0. The smallest absolute Gasteiger partial charge is 0.0615 e. The maximum absolute atomic E-state index is 5.14. The summed E-state index contributed by atoms with van der Waals surface area (Å²) in [6.45, 7) is 5.16. The summed E-state index contributed by atoms with van der Waals surface area (Å²) < 4.78 is 5.14. The molecule has 0 fully saturated rings. The summed E-state index contributed by atoms with van der Waals surface area (Å²) in [6, 6.07) is 0.523. The lowest BCUT2D eigenvalue weighted by Crippen LogP contribution is -2.37. The Hall–Kier alpha value is -0.120. The van der Waals surface area contributed by atoms with Gasteiger partial charge in [0.15, 0.2) is 0 Å². The number of nitrogens with one attached hydrogen (secondary N) is 1. The van der Waals surface area contributed by atoms with Crippen LogP contribution in [0.2, 0.25) is 0 Å². The Bertz CT molecular complexity index is 101. The van der Waals surface area contributed by atoms with Gasteiger partial charge in [-0.05, 0) is 20.5 Å². The van der Waals surface area contributed by atoms with Crippen LogP contribution in [0.3, 0.4) is 0 Å². The molecule has 0 bridgehead atoms. The van der Waals surface area contributed by atoms with Crippen LogP contribution in [0.5, 0.6) is 0 Å². The summed E-state index contributed by atoms with van der Waals surface area (Å²) in [5, 5.41) is 3.49. The van der Waals surface area contributed by atoms with Crippen molar-refractivity contribution in [2.75, 3.05) is 40.9 Å². The summed E-state index contributed by atoms with van der Waals surface area (Å²) in [4.78, 5) is 2.18. The molecule has 80 valence electrons. The van der Waals surface area contributed by atoms with E-state index in [1.54, 1.807) is 7.11 Å². The zero-order chi connectivity index (χ0) is 10.1. The van der Waals surface area contributed by atoms with Crippen LogP contribution >= 0.6 is 0 Å². The van der Waals surface area contributed by atoms with E-state index in [1.807, 2.05) is 0 Å². The first-order chi connectivity index (χ1) is 6.20. The van der Waals surface area contributed by atoms with Crippen molar-refractivity contribution in [2.24, 2.45) is 0 Å². The highest BCUT2D eigenvalue weighted by Crippen LogP contribution is 1.96. The van der Waals surface area contributed by atoms with Gasteiger partial charge in [0.25, 0.3) is 0 Å². The van der Waals surface area contributed by atoms with Gasteiger partial charge >= 0.3 is 0 Å². The van der Waals surface area contributed by atoms with Gasteiger partial charge in [-0.1, -0.05) is 13.3 Å². The fraction of sp³-hybridized carbons (Fsp3) is 1.00. The van der Waals surface area contributed by atoms with Gasteiger partial charge in [0.1, 0.15) is 0 Å². The minimum absolute atomic E-state index is 0.523. The number of rotatable bonds is 8. The summed E-state index contributed by atoms with van der Waals surface area (Å²) in [6.07, 6.45) is 2.41. The first-order valence-electron chi connectivity index (χ1n) is 5.07. The van der Waals surface area contributed by atoms with Crippen molar-refractivity contribution in [3.63, 3.8) is 0 Å². The summed E-state index contributed by atoms with van der Waals surface area (Å²) >= 11 is 0. The second kappa shape index (κ2) is 8.48. The van der Waals surface area contributed by atoms with Crippen molar-refractivity contribution in [3.8, 4) is 0 Å². The Morgan fingerprint density at radius 1 is 1.38 bits per heavy atom. The Labute approximate surface area is 82.4 Å². The molecule has 0 spiro atoms. The van der Waals surface area contributed by atoms with Gasteiger partial charge in [0.05, 0.1) is 6.61 Å². The average Bonchev–Trinajstić information content (AvgIpc) is 2.04. The van der Waals surface area contributed by atoms with Crippen LogP contribution in [0.4, 0.5) is 0 Å². The van der Waals surface area contributed by atoms with Gasteiger partial charge < -0.3 is 15.0 Å². The highest BCUT2D eigenvalue weighted by Gasteiger charge is 2.05. The highest BCUT2D eigenvalue weighted by atomic mass is 16.5. The molecule has 0 rings (SSSR count). The Morgan fingerprint density at radius 3 is 2.54 bits per heavy atom. The van der Waals surface area contributed by atoms with Crippen molar-refractivity contribution < 1.29 is 4.74 Å². The Balaban J connectivity index is 3.44. The van der Waals surface area contributed by atoms with E-state index in [0.29, 0.717) is 6.04 Å². The van der Waals surface area contributed by atoms with Gasteiger partial charge in [0.2, 0.25) is 0 Å². The van der Waals surface area contributed by atoms with E-state index in [2.05, 4.69) is 31.2 Å². The standard InChI is InChI=1S/C10H24N2O/c1-5-6-10(9-13-4)11-7-8-12(2)3/h10-11H,5-9H2,1-4H3. The molecule has 0 saturated carbocycles. The molecular weight excluding hydrogens is 164 g/mol. The molecule has 0 aromatic heterocycles. The molecule has 3 nitrogen and oxygen atoms in total. The van der Waals surface area contributed by atoms with Crippen LogP contribution in [-0.4, -0.2) is 51.8 Å². The zero-order valence-electron chi connectivity index (χ0n) is 9.47. The van der Waals surface area contributed by atoms with Crippen molar-refractivity contribution in [3.05, 3.63) is 0 Å². The molecule has 0 saturated heterocycles. The van der Waals surface area contributed by atoms with Gasteiger partial charge in [-0.3, -0.25) is 0 Å². The quantitative estimate of drug-likeness (QED) is 0.614. The molecule has 0 aliphatic rings. The first kappa shape index (κ1) is 12.9. The minimum atomic E-state index is 0.523. The van der Waals surface area contributed by atoms with Gasteiger partial charge in [-0.15, -0.1) is 0 Å². The maximum atomic E-state index is 5.14. The van der Waals surface area contributed by atoms with Crippen molar-refractivity contribution in [1.29, 1.82) is 0 Å². The molecule has 0 heterocycles. The molecular formula is C10H24N2O. The lowest BCUT2D eigenvalue weighted by Gasteiger charge is -2.18. The number of nitrogens with zero attached hydrogens (tertiary/aromatic N) is 1. The highest BCUT2D eigenvalue weighted by molar-refractivity contribution is 4.65. The van der Waals surface area contributed by atoms with E-state index in [9.17, 15) is 0 Å². The SMILES string of the molecule is CCCC(COC)NCCN(C)C. The predicted octanol–water partition coefficient (Wildman–Crippen LogP) is 0.953. The molecule has 0 aromatic carbocycles. The summed E-state index contributed by atoms with van der Waals surface area (Å²) in [7, 11) is 5.94. The first-order valence-corrected chi connectivity index (χ1v) is 5.07. The number of hydrogen-bond acceptors (Lipinski definition) is 3. The van der Waals surface area contributed by atoms with Crippen LogP contribution in [0.25, 0.3) is 0 Å². The minimum Gasteiger partial charge on any atom is -0.383 e. The second-order valence-corrected chi connectivity index (χ2v) is 3.70. The average molecular weight is 188 g/mol. The fourth-order valence-corrected chi connectivity index (χ4v) is 1.29. The zero-order valence-corrected chi connectivity index (χ0v) is 9.47. The number of hydrogen-bond donors (Lipinski definition) is 1. The van der Waals surface area contributed by atoms with Crippen LogP contribution in [-0.2, 0) is 4.74 Å². The lowest BCUT2D eigenvalue weighted by atomic mass is 10.2. The molecule has 1 unspecified atom stereocenters. The van der Waals surface area contributed by atoms with Gasteiger partial charge in [-0.2, -0.15) is 0 Å². The summed E-state index contributed by atoms with van der Waals surface area (Å²) in [5.74, 6) is 0.